The lowest BCUT2D eigenvalue weighted by Gasteiger charge is -2.15. The van der Waals surface area contributed by atoms with E-state index in [2.05, 4.69) is 24.2 Å². The Hall–Kier alpha value is -0.860. The molecule has 0 aliphatic heterocycles. The second kappa shape index (κ2) is 5.29. The van der Waals surface area contributed by atoms with Crippen LogP contribution in [0.5, 0.6) is 0 Å². The third kappa shape index (κ3) is 3.65. The number of aliphatic imine (C=N–C) groups is 1. The fraction of sp³-hybridized carbons (Fsp3) is 0.833. The highest BCUT2D eigenvalue weighted by molar-refractivity contribution is 6.05. The molecule has 0 bridgehead atoms. The third-order valence-corrected chi connectivity index (χ3v) is 2.50. The molecule has 3 heteroatoms. The first-order valence-corrected chi connectivity index (χ1v) is 5.87. The van der Waals surface area contributed by atoms with Crippen LogP contribution in [0.1, 0.15) is 47.0 Å². The van der Waals surface area contributed by atoms with Gasteiger partial charge in [-0.25, -0.2) is 0 Å². The van der Waals surface area contributed by atoms with Gasteiger partial charge in [-0.15, -0.1) is 0 Å². The summed E-state index contributed by atoms with van der Waals surface area (Å²) in [5, 5.41) is 2.97. The van der Waals surface area contributed by atoms with Crippen molar-refractivity contribution < 1.29 is 4.79 Å². The predicted octanol–water partition coefficient (Wildman–Crippen LogP) is 2.16. The van der Waals surface area contributed by atoms with Gasteiger partial charge in [0.15, 0.2) is 0 Å². The van der Waals surface area contributed by atoms with Crippen molar-refractivity contribution in [2.45, 2.75) is 59.0 Å². The van der Waals surface area contributed by atoms with Crippen LogP contribution in [0.3, 0.4) is 0 Å². The van der Waals surface area contributed by atoms with Gasteiger partial charge < -0.3 is 5.32 Å². The average molecular weight is 210 g/mol. The monoisotopic (exact) mass is 210 g/mol. The van der Waals surface area contributed by atoms with Crippen LogP contribution in [0.4, 0.5) is 0 Å². The SMILES string of the molecule is CC(C)N=C1CCCC1C(=O)NC(C)C. The van der Waals surface area contributed by atoms with Crippen LogP contribution in [0.25, 0.3) is 0 Å². The molecule has 0 aromatic heterocycles. The predicted molar refractivity (Wildman–Crippen MR) is 63.2 cm³/mol. The van der Waals surface area contributed by atoms with Crippen molar-refractivity contribution in [3.63, 3.8) is 0 Å². The summed E-state index contributed by atoms with van der Waals surface area (Å²) >= 11 is 0. The maximum Gasteiger partial charge on any atom is 0.228 e. The van der Waals surface area contributed by atoms with Crippen LogP contribution in [0, 0.1) is 5.92 Å². The molecule has 0 aromatic rings. The highest BCUT2D eigenvalue weighted by Gasteiger charge is 2.29. The molecular formula is C12H22N2O. The lowest BCUT2D eigenvalue weighted by molar-refractivity contribution is -0.123. The third-order valence-electron chi connectivity index (χ3n) is 2.50. The number of nitrogens with zero attached hydrogens (tertiary/aromatic N) is 1. The average Bonchev–Trinajstić information content (AvgIpc) is 2.49. The van der Waals surface area contributed by atoms with Crippen LogP contribution in [0.15, 0.2) is 4.99 Å². The molecule has 1 N–H and O–H groups in total. The molecule has 0 aromatic carbocycles. The van der Waals surface area contributed by atoms with Gasteiger partial charge >= 0.3 is 0 Å². The molecule has 1 rings (SSSR count). The lowest BCUT2D eigenvalue weighted by Crippen LogP contribution is -2.37. The molecule has 1 saturated carbocycles. The molecule has 1 aliphatic carbocycles. The molecule has 0 saturated heterocycles. The van der Waals surface area contributed by atoms with E-state index in [0.29, 0.717) is 6.04 Å². The van der Waals surface area contributed by atoms with E-state index in [1.807, 2.05) is 13.8 Å². The Bertz CT molecular complexity index is 256. The zero-order chi connectivity index (χ0) is 11.4. The molecule has 1 fully saturated rings. The van der Waals surface area contributed by atoms with Crippen molar-refractivity contribution in [3.8, 4) is 0 Å². The number of carbonyl (C=O) groups is 1. The van der Waals surface area contributed by atoms with E-state index in [1.165, 1.54) is 0 Å². The number of hydrogen-bond donors (Lipinski definition) is 1. The Morgan fingerprint density at radius 3 is 2.60 bits per heavy atom. The van der Waals surface area contributed by atoms with Crippen molar-refractivity contribution >= 4 is 11.6 Å². The normalized spacial score (nSPS) is 24.1. The zero-order valence-electron chi connectivity index (χ0n) is 10.2. The topological polar surface area (TPSA) is 41.5 Å². The van der Waals surface area contributed by atoms with E-state index in [9.17, 15) is 4.79 Å². The minimum atomic E-state index is 0.0369. The summed E-state index contributed by atoms with van der Waals surface area (Å²) in [6.45, 7) is 8.10. The first kappa shape index (κ1) is 12.2. The molecule has 3 nitrogen and oxygen atoms in total. The maximum atomic E-state index is 11.9. The summed E-state index contributed by atoms with van der Waals surface area (Å²) in [4.78, 5) is 16.4. The Labute approximate surface area is 92.4 Å². The van der Waals surface area contributed by atoms with Crippen LogP contribution in [-0.2, 0) is 4.79 Å². The first-order valence-electron chi connectivity index (χ1n) is 5.87. The molecule has 15 heavy (non-hydrogen) atoms. The van der Waals surface area contributed by atoms with E-state index in [1.54, 1.807) is 0 Å². The van der Waals surface area contributed by atoms with E-state index in [4.69, 9.17) is 0 Å². The van der Waals surface area contributed by atoms with Crippen LogP contribution in [0.2, 0.25) is 0 Å². The first-order chi connectivity index (χ1) is 7.00. The number of hydrogen-bond acceptors (Lipinski definition) is 2. The quantitative estimate of drug-likeness (QED) is 0.762. The van der Waals surface area contributed by atoms with Crippen LogP contribution >= 0.6 is 0 Å². The number of carbonyl (C=O) groups excluding carboxylic acids is 1. The zero-order valence-corrected chi connectivity index (χ0v) is 10.2. The van der Waals surface area contributed by atoms with Crippen LogP contribution in [-0.4, -0.2) is 23.7 Å². The Morgan fingerprint density at radius 1 is 1.40 bits per heavy atom. The maximum absolute atomic E-state index is 11.9. The van der Waals surface area contributed by atoms with E-state index in [0.717, 1.165) is 25.0 Å². The summed E-state index contributed by atoms with van der Waals surface area (Å²) in [6.07, 6.45) is 3.06. The fourth-order valence-electron chi connectivity index (χ4n) is 1.98. The van der Waals surface area contributed by atoms with Gasteiger partial charge in [0.1, 0.15) is 0 Å². The van der Waals surface area contributed by atoms with E-state index in [-0.39, 0.29) is 17.9 Å². The summed E-state index contributed by atoms with van der Waals surface area (Å²) in [5.74, 6) is 0.191. The number of nitrogens with one attached hydrogen (secondary N) is 1. The molecular weight excluding hydrogens is 188 g/mol. The summed E-state index contributed by atoms with van der Waals surface area (Å²) in [7, 11) is 0. The van der Waals surface area contributed by atoms with Gasteiger partial charge in [-0.3, -0.25) is 9.79 Å². The Balaban J connectivity index is 2.64. The molecule has 1 unspecified atom stereocenters. The minimum absolute atomic E-state index is 0.0369. The summed E-state index contributed by atoms with van der Waals surface area (Å²) < 4.78 is 0. The van der Waals surface area contributed by atoms with Crippen molar-refractivity contribution in [2.24, 2.45) is 10.9 Å². The second-order valence-corrected chi connectivity index (χ2v) is 4.82. The van der Waals surface area contributed by atoms with Gasteiger partial charge in [-0.05, 0) is 47.0 Å². The van der Waals surface area contributed by atoms with Crippen molar-refractivity contribution in [3.05, 3.63) is 0 Å². The largest absolute Gasteiger partial charge is 0.353 e. The van der Waals surface area contributed by atoms with Gasteiger partial charge in [0.25, 0.3) is 0 Å². The summed E-state index contributed by atoms with van der Waals surface area (Å²) in [6, 6.07) is 0.519. The minimum Gasteiger partial charge on any atom is -0.353 e. The molecule has 1 aliphatic rings. The Kier molecular flexibility index (Phi) is 4.30. The molecule has 1 amide bonds. The second-order valence-electron chi connectivity index (χ2n) is 4.82. The lowest BCUT2D eigenvalue weighted by atomic mass is 10.1. The number of rotatable bonds is 3. The van der Waals surface area contributed by atoms with E-state index >= 15 is 0 Å². The molecule has 0 radical (unpaired) electrons. The van der Waals surface area contributed by atoms with Gasteiger partial charge in [-0.1, -0.05) is 0 Å². The van der Waals surface area contributed by atoms with Gasteiger partial charge in [-0.2, -0.15) is 0 Å². The molecule has 1 atom stereocenters. The number of amides is 1. The van der Waals surface area contributed by atoms with Gasteiger partial charge in [0.2, 0.25) is 5.91 Å². The molecule has 86 valence electrons. The van der Waals surface area contributed by atoms with Crippen molar-refractivity contribution in [1.82, 2.24) is 5.32 Å². The van der Waals surface area contributed by atoms with Gasteiger partial charge in [0, 0.05) is 17.8 Å². The highest BCUT2D eigenvalue weighted by Crippen LogP contribution is 2.23. The van der Waals surface area contributed by atoms with Crippen molar-refractivity contribution in [1.29, 1.82) is 0 Å². The standard InChI is InChI=1S/C12H22N2O/c1-8(2)13-11-7-5-6-10(11)12(15)14-9(3)4/h8-10H,5-7H2,1-4H3,(H,14,15). The van der Waals surface area contributed by atoms with Crippen molar-refractivity contribution in [2.75, 3.05) is 0 Å². The molecule has 0 heterocycles. The fourth-order valence-corrected chi connectivity index (χ4v) is 1.98. The van der Waals surface area contributed by atoms with Crippen LogP contribution < -0.4 is 5.32 Å². The Morgan fingerprint density at radius 2 is 2.07 bits per heavy atom. The summed E-state index contributed by atoms with van der Waals surface area (Å²) in [5.41, 5.74) is 1.10. The van der Waals surface area contributed by atoms with E-state index < -0.39 is 0 Å². The highest BCUT2D eigenvalue weighted by atomic mass is 16.1. The molecule has 0 spiro atoms. The van der Waals surface area contributed by atoms with Gasteiger partial charge in [0.05, 0.1) is 5.92 Å². The smallest absolute Gasteiger partial charge is 0.228 e.